The summed E-state index contributed by atoms with van der Waals surface area (Å²) in [6.45, 7) is 11.9. The fraction of sp³-hybridized carbons (Fsp3) is 0.440. The molecule has 0 unspecified atom stereocenters. The van der Waals surface area contributed by atoms with E-state index >= 15 is 0 Å². The van der Waals surface area contributed by atoms with Gasteiger partial charge in [0.1, 0.15) is 11.3 Å². The first-order chi connectivity index (χ1) is 15.7. The van der Waals surface area contributed by atoms with Crippen LogP contribution in [-0.2, 0) is 11.8 Å². The molecule has 3 aromatic rings. The molecule has 8 nitrogen and oxygen atoms in total. The zero-order chi connectivity index (χ0) is 24.0. The molecule has 0 saturated carbocycles. The Balaban J connectivity index is 1.89. The number of pyridine rings is 1. The second kappa shape index (κ2) is 10.6. The summed E-state index contributed by atoms with van der Waals surface area (Å²) < 4.78 is 7.50. The van der Waals surface area contributed by atoms with Gasteiger partial charge < -0.3 is 19.9 Å². The predicted molar refractivity (Wildman–Crippen MR) is 135 cm³/mol. The first kappa shape index (κ1) is 24.4. The number of methoxy groups -OCH3 is 1. The number of allylic oxidation sites excluding steroid dienone is 3. The van der Waals surface area contributed by atoms with E-state index in [1.807, 2.05) is 38.5 Å². The van der Waals surface area contributed by atoms with Crippen LogP contribution in [0.25, 0.3) is 16.5 Å². The predicted octanol–water partition coefficient (Wildman–Crippen LogP) is 4.96. The van der Waals surface area contributed by atoms with Crippen molar-refractivity contribution in [3.8, 4) is 0 Å². The SMILES string of the molecule is CC/C(=C\C=C(/COC)Nc1ncc2ccnc(NCC(C)(C)C)c2n1)c1cnc(C)n1C. The molecular formula is C25H35N7O. The van der Waals surface area contributed by atoms with E-state index in [1.165, 1.54) is 5.57 Å². The molecule has 0 spiro atoms. The molecule has 0 radical (unpaired) electrons. The minimum Gasteiger partial charge on any atom is -0.378 e. The van der Waals surface area contributed by atoms with Crippen molar-refractivity contribution < 1.29 is 4.74 Å². The van der Waals surface area contributed by atoms with Crippen LogP contribution in [0, 0.1) is 12.3 Å². The highest BCUT2D eigenvalue weighted by atomic mass is 16.5. The number of ether oxygens (including phenoxy) is 1. The van der Waals surface area contributed by atoms with Crippen LogP contribution in [0.15, 0.2) is 42.5 Å². The second-order valence-electron chi connectivity index (χ2n) is 9.25. The van der Waals surface area contributed by atoms with Gasteiger partial charge in [0.25, 0.3) is 0 Å². The first-order valence-corrected chi connectivity index (χ1v) is 11.2. The number of hydrogen-bond donors (Lipinski definition) is 2. The maximum absolute atomic E-state index is 5.41. The number of aryl methyl sites for hydroxylation is 1. The normalized spacial score (nSPS) is 12.9. The van der Waals surface area contributed by atoms with Gasteiger partial charge in [-0.15, -0.1) is 0 Å². The molecule has 0 aliphatic rings. The molecule has 8 heteroatoms. The average molecular weight is 450 g/mol. The molecule has 2 N–H and O–H groups in total. The van der Waals surface area contributed by atoms with E-state index in [1.54, 1.807) is 13.3 Å². The molecule has 33 heavy (non-hydrogen) atoms. The van der Waals surface area contributed by atoms with Gasteiger partial charge in [0, 0.05) is 44.2 Å². The molecule has 0 atom stereocenters. The Labute approximate surface area is 196 Å². The van der Waals surface area contributed by atoms with E-state index in [9.17, 15) is 0 Å². The Morgan fingerprint density at radius 3 is 2.58 bits per heavy atom. The van der Waals surface area contributed by atoms with Crippen LogP contribution in [0.5, 0.6) is 0 Å². The summed E-state index contributed by atoms with van der Waals surface area (Å²) in [4.78, 5) is 18.1. The summed E-state index contributed by atoms with van der Waals surface area (Å²) in [7, 11) is 3.70. The lowest BCUT2D eigenvalue weighted by Gasteiger charge is -2.19. The van der Waals surface area contributed by atoms with Crippen molar-refractivity contribution in [3.05, 3.63) is 54.0 Å². The summed E-state index contributed by atoms with van der Waals surface area (Å²) in [6.07, 6.45) is 10.5. The highest BCUT2D eigenvalue weighted by Crippen LogP contribution is 2.23. The fourth-order valence-electron chi connectivity index (χ4n) is 3.31. The average Bonchev–Trinajstić information content (AvgIpc) is 3.10. The Kier molecular flexibility index (Phi) is 7.81. The van der Waals surface area contributed by atoms with Gasteiger partial charge >= 0.3 is 0 Å². The molecule has 3 heterocycles. The smallest absolute Gasteiger partial charge is 0.227 e. The van der Waals surface area contributed by atoms with Gasteiger partial charge in [0.15, 0.2) is 5.82 Å². The number of imidazole rings is 1. The maximum atomic E-state index is 5.41. The van der Waals surface area contributed by atoms with Crippen molar-refractivity contribution in [2.45, 2.75) is 41.0 Å². The van der Waals surface area contributed by atoms with Crippen LogP contribution in [-0.4, -0.2) is 44.8 Å². The number of anilines is 2. The summed E-state index contributed by atoms with van der Waals surface area (Å²) in [6, 6.07) is 1.92. The van der Waals surface area contributed by atoms with Crippen molar-refractivity contribution in [2.75, 3.05) is 30.9 Å². The molecule has 0 fully saturated rings. The van der Waals surface area contributed by atoms with E-state index in [-0.39, 0.29) is 5.41 Å². The summed E-state index contributed by atoms with van der Waals surface area (Å²) in [5.41, 5.74) is 4.06. The highest BCUT2D eigenvalue weighted by molar-refractivity contribution is 5.88. The minimum atomic E-state index is 0.127. The number of fused-ring (bicyclic) bond motifs is 1. The molecule has 3 aromatic heterocycles. The molecule has 0 aliphatic heterocycles. The topological polar surface area (TPSA) is 89.8 Å². The lowest BCUT2D eigenvalue weighted by molar-refractivity contribution is 0.226. The Bertz CT molecular complexity index is 1160. The third-order valence-corrected chi connectivity index (χ3v) is 5.27. The highest BCUT2D eigenvalue weighted by Gasteiger charge is 2.13. The van der Waals surface area contributed by atoms with Crippen LogP contribution in [0.4, 0.5) is 11.8 Å². The number of rotatable bonds is 9. The van der Waals surface area contributed by atoms with Crippen LogP contribution in [0.3, 0.4) is 0 Å². The van der Waals surface area contributed by atoms with Crippen LogP contribution in [0.2, 0.25) is 0 Å². The van der Waals surface area contributed by atoms with Gasteiger partial charge in [-0.05, 0) is 36.5 Å². The quantitative estimate of drug-likeness (QED) is 0.446. The van der Waals surface area contributed by atoms with Gasteiger partial charge in [0.05, 0.1) is 18.5 Å². The third-order valence-electron chi connectivity index (χ3n) is 5.27. The van der Waals surface area contributed by atoms with Crippen molar-refractivity contribution >= 4 is 28.2 Å². The third kappa shape index (κ3) is 6.38. The lowest BCUT2D eigenvalue weighted by atomic mass is 9.97. The molecule has 0 aromatic carbocycles. The number of nitrogens with one attached hydrogen (secondary N) is 2. The van der Waals surface area contributed by atoms with Gasteiger partial charge in [-0.25, -0.2) is 19.9 Å². The van der Waals surface area contributed by atoms with E-state index in [2.05, 4.69) is 63.9 Å². The number of hydrogen-bond acceptors (Lipinski definition) is 7. The molecule has 3 rings (SSSR count). The van der Waals surface area contributed by atoms with Crippen LogP contribution >= 0.6 is 0 Å². The molecule has 176 valence electrons. The lowest BCUT2D eigenvalue weighted by Crippen LogP contribution is -2.20. The zero-order valence-corrected chi connectivity index (χ0v) is 20.7. The van der Waals surface area contributed by atoms with Crippen molar-refractivity contribution in [3.63, 3.8) is 0 Å². The van der Waals surface area contributed by atoms with Gasteiger partial charge in [-0.3, -0.25) is 0 Å². The summed E-state index contributed by atoms with van der Waals surface area (Å²) in [5, 5.41) is 7.67. The summed E-state index contributed by atoms with van der Waals surface area (Å²) >= 11 is 0. The van der Waals surface area contributed by atoms with Gasteiger partial charge in [-0.1, -0.05) is 33.8 Å². The number of nitrogens with zero attached hydrogens (tertiary/aromatic N) is 5. The second-order valence-corrected chi connectivity index (χ2v) is 9.25. The fourth-order valence-corrected chi connectivity index (χ4v) is 3.31. The van der Waals surface area contributed by atoms with E-state index in [4.69, 9.17) is 9.72 Å². The Morgan fingerprint density at radius 1 is 1.15 bits per heavy atom. The van der Waals surface area contributed by atoms with E-state index < -0.39 is 0 Å². The molecular weight excluding hydrogens is 414 g/mol. The van der Waals surface area contributed by atoms with Crippen LogP contribution in [0.1, 0.15) is 45.6 Å². The van der Waals surface area contributed by atoms with Crippen molar-refractivity contribution in [1.29, 1.82) is 0 Å². The Morgan fingerprint density at radius 2 is 1.94 bits per heavy atom. The molecule has 0 saturated heterocycles. The maximum Gasteiger partial charge on any atom is 0.227 e. The van der Waals surface area contributed by atoms with Crippen molar-refractivity contribution in [2.24, 2.45) is 12.5 Å². The van der Waals surface area contributed by atoms with Gasteiger partial charge in [0.2, 0.25) is 5.95 Å². The minimum absolute atomic E-state index is 0.127. The standard InChI is InChI=1S/C25H35N7O/c1-8-18(21-14-27-17(2)32(21)6)9-10-20(15-33-7)30-24-28-13-19-11-12-26-23(22(19)31-24)29-16-25(3,4)5/h9-14H,8,15-16H2,1-7H3,(H,26,29)(H,28,30,31)/b18-9+,20-10+. The van der Waals surface area contributed by atoms with Crippen molar-refractivity contribution in [1.82, 2.24) is 24.5 Å². The molecule has 0 amide bonds. The number of aromatic nitrogens is 5. The van der Waals surface area contributed by atoms with E-state index in [0.29, 0.717) is 12.6 Å². The van der Waals surface area contributed by atoms with Crippen LogP contribution < -0.4 is 10.6 Å². The largest absolute Gasteiger partial charge is 0.378 e. The molecule has 0 bridgehead atoms. The van der Waals surface area contributed by atoms with E-state index in [0.717, 1.165) is 46.9 Å². The van der Waals surface area contributed by atoms with Gasteiger partial charge in [-0.2, -0.15) is 0 Å². The monoisotopic (exact) mass is 449 g/mol. The summed E-state index contributed by atoms with van der Waals surface area (Å²) in [5.74, 6) is 2.24. The Hall–Kier alpha value is -3.26. The molecule has 0 aliphatic carbocycles. The first-order valence-electron chi connectivity index (χ1n) is 11.2. The zero-order valence-electron chi connectivity index (χ0n) is 20.7.